The Balaban J connectivity index is 1.33. The Bertz CT molecular complexity index is 1080. The maximum Gasteiger partial charge on any atom is 0.270 e. The van der Waals surface area contributed by atoms with Gasteiger partial charge in [-0.05, 0) is 54.1 Å². The van der Waals surface area contributed by atoms with E-state index >= 15 is 0 Å². The van der Waals surface area contributed by atoms with E-state index < -0.39 is 0 Å². The van der Waals surface area contributed by atoms with Crippen LogP contribution in [-0.2, 0) is 13.2 Å². The van der Waals surface area contributed by atoms with Crippen LogP contribution in [0, 0.1) is 0 Å². The number of carbonyl (C=O) groups excluding carboxylic acids is 1. The van der Waals surface area contributed by atoms with Gasteiger partial charge in [-0.2, -0.15) is 0 Å². The minimum absolute atomic E-state index is 0.264. The second-order valence-electron chi connectivity index (χ2n) is 6.62. The molecule has 0 saturated heterocycles. The lowest BCUT2D eigenvalue weighted by Crippen LogP contribution is -2.23. The largest absolute Gasteiger partial charge is 0.489 e. The topological polar surface area (TPSA) is 76.4 Å². The molecule has 0 radical (unpaired) electrons. The summed E-state index contributed by atoms with van der Waals surface area (Å²) in [5, 5.41) is 6.06. The molecule has 6 nitrogen and oxygen atoms in total. The predicted molar refractivity (Wildman–Crippen MR) is 115 cm³/mol. The maximum atomic E-state index is 12.3. The molecule has 0 fully saturated rings. The zero-order valence-corrected chi connectivity index (χ0v) is 16.2. The van der Waals surface area contributed by atoms with Crippen LogP contribution in [0.1, 0.15) is 21.8 Å². The first-order chi connectivity index (χ1) is 14.8. The Morgan fingerprint density at radius 1 is 0.933 bits per heavy atom. The molecule has 0 saturated carbocycles. The van der Waals surface area contributed by atoms with E-state index in [0.717, 1.165) is 22.7 Å². The smallest absolute Gasteiger partial charge is 0.270 e. The molecule has 0 aliphatic heterocycles. The fourth-order valence-electron chi connectivity index (χ4n) is 2.85. The summed E-state index contributed by atoms with van der Waals surface area (Å²) in [6.07, 6.45) is 3.17. The lowest BCUT2D eigenvalue weighted by Gasteiger charge is -2.10. The van der Waals surface area contributed by atoms with Crippen molar-refractivity contribution in [2.75, 3.05) is 5.32 Å². The molecular weight excluding hydrogens is 378 g/mol. The molecule has 2 N–H and O–H groups in total. The molecule has 0 aliphatic carbocycles. The number of ether oxygens (including phenoxy) is 1. The lowest BCUT2D eigenvalue weighted by atomic mass is 10.2. The molecule has 2 aromatic heterocycles. The SMILES string of the molecule is O=C(NCc1ccco1)c1cc(Nc2ccc(OCc3ccccc3)cc2)ccn1. The first-order valence-corrected chi connectivity index (χ1v) is 9.57. The Morgan fingerprint density at radius 2 is 1.77 bits per heavy atom. The highest BCUT2D eigenvalue weighted by molar-refractivity contribution is 5.93. The zero-order valence-electron chi connectivity index (χ0n) is 16.2. The molecule has 0 atom stereocenters. The van der Waals surface area contributed by atoms with E-state index in [-0.39, 0.29) is 5.91 Å². The number of benzene rings is 2. The van der Waals surface area contributed by atoms with E-state index in [1.807, 2.05) is 60.7 Å². The van der Waals surface area contributed by atoms with Crippen molar-refractivity contribution in [3.63, 3.8) is 0 Å². The molecule has 0 spiro atoms. The van der Waals surface area contributed by atoms with Crippen LogP contribution in [0.25, 0.3) is 0 Å². The van der Waals surface area contributed by atoms with Gasteiger partial charge in [0.15, 0.2) is 0 Å². The van der Waals surface area contributed by atoms with Gasteiger partial charge in [0, 0.05) is 17.6 Å². The maximum absolute atomic E-state index is 12.3. The van der Waals surface area contributed by atoms with E-state index in [4.69, 9.17) is 9.15 Å². The van der Waals surface area contributed by atoms with Crippen LogP contribution in [0.15, 0.2) is 95.7 Å². The molecule has 4 aromatic rings. The lowest BCUT2D eigenvalue weighted by molar-refractivity contribution is 0.0943. The van der Waals surface area contributed by atoms with Gasteiger partial charge in [-0.15, -0.1) is 0 Å². The number of pyridine rings is 1. The van der Waals surface area contributed by atoms with Crippen molar-refractivity contribution in [2.24, 2.45) is 0 Å². The highest BCUT2D eigenvalue weighted by atomic mass is 16.5. The van der Waals surface area contributed by atoms with Gasteiger partial charge in [-0.3, -0.25) is 9.78 Å². The van der Waals surface area contributed by atoms with Gasteiger partial charge in [0.2, 0.25) is 0 Å². The third-order valence-electron chi connectivity index (χ3n) is 4.39. The number of amides is 1. The van der Waals surface area contributed by atoms with Crippen molar-refractivity contribution in [1.82, 2.24) is 10.3 Å². The monoisotopic (exact) mass is 399 g/mol. The Labute approximate surface area is 174 Å². The molecule has 0 unspecified atom stereocenters. The highest BCUT2D eigenvalue weighted by Crippen LogP contribution is 2.21. The first kappa shape index (κ1) is 19.3. The second-order valence-corrected chi connectivity index (χ2v) is 6.62. The van der Waals surface area contributed by atoms with Gasteiger partial charge in [0.05, 0.1) is 12.8 Å². The minimum atomic E-state index is -0.264. The van der Waals surface area contributed by atoms with Gasteiger partial charge < -0.3 is 19.8 Å². The van der Waals surface area contributed by atoms with Crippen molar-refractivity contribution < 1.29 is 13.9 Å². The normalized spacial score (nSPS) is 10.4. The standard InChI is InChI=1S/C24H21N3O3/c28-24(26-16-22-7-4-14-29-22)23-15-20(12-13-25-23)27-19-8-10-21(11-9-19)30-17-18-5-2-1-3-6-18/h1-15H,16-17H2,(H,25,27)(H,26,28). The van der Waals surface area contributed by atoms with Crippen LogP contribution in [0.3, 0.4) is 0 Å². The van der Waals surface area contributed by atoms with Crippen LogP contribution in [0.5, 0.6) is 5.75 Å². The van der Waals surface area contributed by atoms with E-state index in [1.165, 1.54) is 0 Å². The quantitative estimate of drug-likeness (QED) is 0.439. The number of hydrogen-bond donors (Lipinski definition) is 2. The number of nitrogens with one attached hydrogen (secondary N) is 2. The van der Waals surface area contributed by atoms with E-state index in [2.05, 4.69) is 15.6 Å². The highest BCUT2D eigenvalue weighted by Gasteiger charge is 2.09. The van der Waals surface area contributed by atoms with E-state index in [1.54, 1.807) is 30.7 Å². The van der Waals surface area contributed by atoms with Gasteiger partial charge in [-0.25, -0.2) is 0 Å². The Morgan fingerprint density at radius 3 is 2.53 bits per heavy atom. The van der Waals surface area contributed by atoms with Gasteiger partial charge in [0.1, 0.15) is 23.8 Å². The number of hydrogen-bond acceptors (Lipinski definition) is 5. The summed E-state index contributed by atoms with van der Waals surface area (Å²) >= 11 is 0. The first-order valence-electron chi connectivity index (χ1n) is 9.57. The second kappa shape index (κ2) is 9.43. The number of furan rings is 1. The molecule has 4 rings (SSSR count). The number of nitrogens with zero attached hydrogens (tertiary/aromatic N) is 1. The van der Waals surface area contributed by atoms with Crippen molar-refractivity contribution in [2.45, 2.75) is 13.2 Å². The average molecular weight is 399 g/mol. The van der Waals surface area contributed by atoms with Crippen molar-refractivity contribution in [1.29, 1.82) is 0 Å². The summed E-state index contributed by atoms with van der Waals surface area (Å²) in [5.41, 5.74) is 3.10. The molecule has 30 heavy (non-hydrogen) atoms. The van der Waals surface area contributed by atoms with Gasteiger partial charge >= 0.3 is 0 Å². The summed E-state index contributed by atoms with van der Waals surface area (Å²) in [4.78, 5) is 16.5. The predicted octanol–water partition coefficient (Wildman–Crippen LogP) is 4.93. The number of carbonyl (C=O) groups is 1. The molecule has 0 bridgehead atoms. The average Bonchev–Trinajstić information content (AvgIpc) is 3.32. The van der Waals surface area contributed by atoms with Crippen LogP contribution < -0.4 is 15.4 Å². The summed E-state index contributed by atoms with van der Waals surface area (Å²) in [6.45, 7) is 0.837. The van der Waals surface area contributed by atoms with Crippen LogP contribution in [0.4, 0.5) is 11.4 Å². The number of anilines is 2. The third-order valence-corrected chi connectivity index (χ3v) is 4.39. The zero-order chi connectivity index (χ0) is 20.6. The molecule has 0 aliphatic rings. The molecule has 150 valence electrons. The van der Waals surface area contributed by atoms with Crippen molar-refractivity contribution >= 4 is 17.3 Å². The van der Waals surface area contributed by atoms with Crippen LogP contribution in [0.2, 0.25) is 0 Å². The molecular formula is C24H21N3O3. The Kier molecular flexibility index (Phi) is 6.05. The molecule has 2 aromatic carbocycles. The third kappa shape index (κ3) is 5.26. The number of aromatic nitrogens is 1. The molecule has 2 heterocycles. The van der Waals surface area contributed by atoms with Gasteiger partial charge in [-0.1, -0.05) is 30.3 Å². The van der Waals surface area contributed by atoms with E-state index in [9.17, 15) is 4.79 Å². The van der Waals surface area contributed by atoms with Crippen LogP contribution >= 0.6 is 0 Å². The number of rotatable bonds is 8. The minimum Gasteiger partial charge on any atom is -0.489 e. The van der Waals surface area contributed by atoms with E-state index in [0.29, 0.717) is 24.6 Å². The van der Waals surface area contributed by atoms with Crippen LogP contribution in [-0.4, -0.2) is 10.9 Å². The fourth-order valence-corrected chi connectivity index (χ4v) is 2.85. The molecule has 1 amide bonds. The molecule has 6 heteroatoms. The fraction of sp³-hybridized carbons (Fsp3) is 0.0833. The van der Waals surface area contributed by atoms with Gasteiger partial charge in [0.25, 0.3) is 5.91 Å². The van der Waals surface area contributed by atoms with Crippen molar-refractivity contribution in [3.8, 4) is 5.75 Å². The Hall–Kier alpha value is -4.06. The summed E-state index contributed by atoms with van der Waals surface area (Å²) < 4.78 is 11.0. The summed E-state index contributed by atoms with van der Waals surface area (Å²) in [5.74, 6) is 1.21. The summed E-state index contributed by atoms with van der Waals surface area (Å²) in [6, 6.07) is 24.8. The summed E-state index contributed by atoms with van der Waals surface area (Å²) in [7, 11) is 0. The van der Waals surface area contributed by atoms with Crippen molar-refractivity contribution in [3.05, 3.63) is 108 Å².